The van der Waals surface area contributed by atoms with Crippen molar-refractivity contribution in [2.45, 2.75) is 38.6 Å². The van der Waals surface area contributed by atoms with Crippen LogP contribution in [-0.4, -0.2) is 10.0 Å². The Labute approximate surface area is 113 Å². The van der Waals surface area contributed by atoms with Gasteiger partial charge < -0.3 is 10.8 Å². The molecule has 1 aromatic carbocycles. The summed E-state index contributed by atoms with van der Waals surface area (Å²) in [5.41, 5.74) is 6.37. The standard InChI is InChI=1S/C12H18N2O3.ClH/c1-2-3-4-5-10(13)9-6-7-12(15)11(8-9)14(16)17;/h6-8,10,15H,2-5,13H2,1H3;1H/t10-;/m0./s1. The summed E-state index contributed by atoms with van der Waals surface area (Å²) in [5.74, 6) is -0.320. The lowest BCUT2D eigenvalue weighted by atomic mass is 10.0. The molecule has 0 saturated heterocycles. The molecule has 0 radical (unpaired) electrons. The molecule has 0 amide bonds. The van der Waals surface area contributed by atoms with E-state index < -0.39 is 4.92 Å². The van der Waals surface area contributed by atoms with Gasteiger partial charge in [0.1, 0.15) is 0 Å². The number of phenolic OH excluding ortho intramolecular Hbond substituents is 1. The minimum Gasteiger partial charge on any atom is -0.502 e. The van der Waals surface area contributed by atoms with Crippen molar-refractivity contribution in [2.24, 2.45) is 5.73 Å². The van der Waals surface area contributed by atoms with Crippen molar-refractivity contribution < 1.29 is 10.0 Å². The van der Waals surface area contributed by atoms with Gasteiger partial charge in [0.25, 0.3) is 0 Å². The van der Waals surface area contributed by atoms with Crippen molar-refractivity contribution >= 4 is 18.1 Å². The maximum atomic E-state index is 10.7. The van der Waals surface area contributed by atoms with E-state index in [1.807, 2.05) is 0 Å². The van der Waals surface area contributed by atoms with Crippen LogP contribution >= 0.6 is 12.4 Å². The van der Waals surface area contributed by atoms with Gasteiger partial charge in [-0.15, -0.1) is 12.4 Å². The molecule has 0 spiro atoms. The number of unbranched alkanes of at least 4 members (excludes halogenated alkanes) is 2. The van der Waals surface area contributed by atoms with Gasteiger partial charge in [-0.2, -0.15) is 0 Å². The molecule has 1 aromatic rings. The number of hydrogen-bond donors (Lipinski definition) is 2. The Hall–Kier alpha value is -1.33. The topological polar surface area (TPSA) is 89.4 Å². The molecule has 6 heteroatoms. The third kappa shape index (κ3) is 4.50. The van der Waals surface area contributed by atoms with Crippen LogP contribution in [0.25, 0.3) is 0 Å². The average molecular weight is 275 g/mol. The molecule has 0 saturated carbocycles. The zero-order chi connectivity index (χ0) is 12.8. The average Bonchev–Trinajstić information content (AvgIpc) is 2.29. The fraction of sp³-hybridized carbons (Fsp3) is 0.500. The Morgan fingerprint density at radius 3 is 2.67 bits per heavy atom. The van der Waals surface area contributed by atoms with Crippen LogP contribution in [0.5, 0.6) is 5.75 Å². The highest BCUT2D eigenvalue weighted by molar-refractivity contribution is 5.85. The van der Waals surface area contributed by atoms with E-state index in [2.05, 4.69) is 6.92 Å². The van der Waals surface area contributed by atoms with Crippen LogP contribution in [0.4, 0.5) is 5.69 Å². The molecular weight excluding hydrogens is 256 g/mol. The number of nitro groups is 1. The van der Waals surface area contributed by atoms with E-state index in [9.17, 15) is 15.2 Å². The predicted octanol–water partition coefficient (Wildman–Crippen LogP) is 3.30. The minimum absolute atomic E-state index is 0. The van der Waals surface area contributed by atoms with Gasteiger partial charge in [0.2, 0.25) is 0 Å². The van der Waals surface area contributed by atoms with Crippen molar-refractivity contribution in [3.05, 3.63) is 33.9 Å². The quantitative estimate of drug-likeness (QED) is 0.473. The van der Waals surface area contributed by atoms with E-state index in [1.54, 1.807) is 6.07 Å². The molecule has 5 nitrogen and oxygen atoms in total. The third-order valence-corrected chi connectivity index (χ3v) is 2.74. The third-order valence-electron chi connectivity index (χ3n) is 2.74. The predicted molar refractivity (Wildman–Crippen MR) is 73.1 cm³/mol. The number of nitrogens with two attached hydrogens (primary N) is 1. The SMILES string of the molecule is CCCCC[C@H](N)c1ccc(O)c([N+](=O)[O-])c1.Cl. The number of nitro benzene ring substituents is 1. The number of halogens is 1. The minimum atomic E-state index is -0.600. The van der Waals surface area contributed by atoms with Crippen LogP contribution in [0.1, 0.15) is 44.2 Å². The smallest absolute Gasteiger partial charge is 0.311 e. The second-order valence-corrected chi connectivity index (χ2v) is 4.11. The van der Waals surface area contributed by atoms with Gasteiger partial charge in [-0.3, -0.25) is 10.1 Å². The van der Waals surface area contributed by atoms with E-state index in [0.29, 0.717) is 5.56 Å². The molecule has 0 bridgehead atoms. The number of benzene rings is 1. The van der Waals surface area contributed by atoms with Crippen LogP contribution in [0.2, 0.25) is 0 Å². The van der Waals surface area contributed by atoms with E-state index in [-0.39, 0.29) is 29.9 Å². The summed E-state index contributed by atoms with van der Waals surface area (Å²) in [5, 5.41) is 20.0. The normalized spacial score (nSPS) is 11.7. The van der Waals surface area contributed by atoms with Crippen molar-refractivity contribution in [1.82, 2.24) is 0 Å². The molecule has 3 N–H and O–H groups in total. The van der Waals surface area contributed by atoms with E-state index in [4.69, 9.17) is 5.73 Å². The summed E-state index contributed by atoms with van der Waals surface area (Å²) in [6.07, 6.45) is 4.03. The Morgan fingerprint density at radius 1 is 1.44 bits per heavy atom. The van der Waals surface area contributed by atoms with Gasteiger partial charge in [-0.05, 0) is 18.1 Å². The van der Waals surface area contributed by atoms with Crippen LogP contribution < -0.4 is 5.73 Å². The lowest BCUT2D eigenvalue weighted by molar-refractivity contribution is -0.385. The first-order valence-electron chi connectivity index (χ1n) is 5.79. The van der Waals surface area contributed by atoms with Crippen molar-refractivity contribution in [3.63, 3.8) is 0 Å². The first-order chi connectivity index (χ1) is 8.06. The molecule has 1 rings (SSSR count). The lowest BCUT2D eigenvalue weighted by Gasteiger charge is -2.11. The van der Waals surface area contributed by atoms with Crippen molar-refractivity contribution in [1.29, 1.82) is 0 Å². The van der Waals surface area contributed by atoms with Crippen LogP contribution in [0.15, 0.2) is 18.2 Å². The second kappa shape index (κ2) is 7.89. The fourth-order valence-electron chi connectivity index (χ4n) is 1.70. The van der Waals surface area contributed by atoms with Crippen LogP contribution in [0.3, 0.4) is 0 Å². The molecule has 0 unspecified atom stereocenters. The zero-order valence-corrected chi connectivity index (χ0v) is 11.2. The Morgan fingerprint density at radius 2 is 2.11 bits per heavy atom. The highest BCUT2D eigenvalue weighted by Crippen LogP contribution is 2.29. The van der Waals surface area contributed by atoms with E-state index >= 15 is 0 Å². The summed E-state index contributed by atoms with van der Waals surface area (Å²) in [6, 6.07) is 4.11. The van der Waals surface area contributed by atoms with Gasteiger partial charge >= 0.3 is 5.69 Å². The zero-order valence-electron chi connectivity index (χ0n) is 10.3. The monoisotopic (exact) mass is 274 g/mol. The largest absolute Gasteiger partial charge is 0.502 e. The highest BCUT2D eigenvalue weighted by atomic mass is 35.5. The maximum absolute atomic E-state index is 10.7. The Bertz CT molecular complexity index is 399. The molecule has 0 aliphatic carbocycles. The Balaban J connectivity index is 0.00000289. The first kappa shape index (κ1) is 16.7. The second-order valence-electron chi connectivity index (χ2n) is 4.11. The molecule has 102 valence electrons. The summed E-state index contributed by atoms with van der Waals surface area (Å²) in [6.45, 7) is 2.11. The number of aromatic hydroxyl groups is 1. The van der Waals surface area contributed by atoms with E-state index in [0.717, 1.165) is 25.7 Å². The van der Waals surface area contributed by atoms with Gasteiger partial charge in [0.05, 0.1) is 4.92 Å². The number of rotatable bonds is 6. The Kier molecular flexibility index (Phi) is 7.31. The molecular formula is C12H19ClN2O3. The van der Waals surface area contributed by atoms with Crippen LogP contribution in [0, 0.1) is 10.1 Å². The van der Waals surface area contributed by atoms with Crippen LogP contribution in [-0.2, 0) is 0 Å². The molecule has 0 aliphatic heterocycles. The maximum Gasteiger partial charge on any atom is 0.311 e. The number of phenols is 1. The van der Waals surface area contributed by atoms with Gasteiger partial charge in [0.15, 0.2) is 5.75 Å². The molecule has 0 aromatic heterocycles. The van der Waals surface area contributed by atoms with Crippen molar-refractivity contribution in [3.8, 4) is 5.75 Å². The molecule has 0 fully saturated rings. The van der Waals surface area contributed by atoms with Gasteiger partial charge in [-0.1, -0.05) is 32.3 Å². The van der Waals surface area contributed by atoms with E-state index in [1.165, 1.54) is 12.1 Å². The van der Waals surface area contributed by atoms with Crippen molar-refractivity contribution in [2.75, 3.05) is 0 Å². The molecule has 18 heavy (non-hydrogen) atoms. The van der Waals surface area contributed by atoms with Gasteiger partial charge in [-0.25, -0.2) is 0 Å². The summed E-state index contributed by atoms with van der Waals surface area (Å²) in [4.78, 5) is 10.1. The molecule has 1 atom stereocenters. The van der Waals surface area contributed by atoms with Gasteiger partial charge in [0, 0.05) is 12.1 Å². The summed E-state index contributed by atoms with van der Waals surface area (Å²) in [7, 11) is 0. The summed E-state index contributed by atoms with van der Waals surface area (Å²) >= 11 is 0. The highest BCUT2D eigenvalue weighted by Gasteiger charge is 2.16. The lowest BCUT2D eigenvalue weighted by Crippen LogP contribution is -2.10. The first-order valence-corrected chi connectivity index (χ1v) is 5.79. The number of nitrogens with zero attached hydrogens (tertiary/aromatic N) is 1. The molecule has 0 aliphatic rings. The number of hydrogen-bond acceptors (Lipinski definition) is 4. The fourth-order valence-corrected chi connectivity index (χ4v) is 1.70. The molecule has 0 heterocycles. The summed E-state index contributed by atoms with van der Waals surface area (Å²) < 4.78 is 0.